The Bertz CT molecular complexity index is 335. The third-order valence-corrected chi connectivity index (χ3v) is 1.94. The maximum Gasteiger partial charge on any atom is 0.420 e. The summed E-state index contributed by atoms with van der Waals surface area (Å²) in [4.78, 5) is 0. The van der Waals surface area contributed by atoms with Crippen molar-refractivity contribution >= 4 is 11.6 Å². The molecule has 0 atom stereocenters. The lowest BCUT2D eigenvalue weighted by atomic mass is 10.1. The van der Waals surface area contributed by atoms with Crippen LogP contribution in [0.2, 0.25) is 5.15 Å². The van der Waals surface area contributed by atoms with Gasteiger partial charge in [0.25, 0.3) is 0 Å². The number of nitrogens with zero attached hydrogens (tertiary/aromatic N) is 2. The highest BCUT2D eigenvalue weighted by atomic mass is 35.5. The van der Waals surface area contributed by atoms with E-state index in [0.717, 1.165) is 6.20 Å². The van der Waals surface area contributed by atoms with Gasteiger partial charge in [-0.3, -0.25) is 4.68 Å². The maximum absolute atomic E-state index is 12.3. The van der Waals surface area contributed by atoms with Gasteiger partial charge in [0.2, 0.25) is 0 Å². The minimum absolute atomic E-state index is 0.507. The van der Waals surface area contributed by atoms with Crippen molar-refractivity contribution < 1.29 is 13.2 Å². The molecule has 0 fully saturated rings. The molecule has 14 heavy (non-hydrogen) atoms. The van der Waals surface area contributed by atoms with Crippen molar-refractivity contribution in [3.05, 3.63) is 16.9 Å². The van der Waals surface area contributed by atoms with Gasteiger partial charge in [0.05, 0.1) is 5.54 Å². The van der Waals surface area contributed by atoms with E-state index in [1.165, 1.54) is 4.68 Å². The first-order valence-corrected chi connectivity index (χ1v) is 4.33. The summed E-state index contributed by atoms with van der Waals surface area (Å²) in [6, 6.07) is 0. The van der Waals surface area contributed by atoms with E-state index in [4.69, 9.17) is 11.6 Å². The van der Waals surface area contributed by atoms with E-state index in [1.807, 2.05) is 0 Å². The highest BCUT2D eigenvalue weighted by molar-refractivity contribution is 6.30. The van der Waals surface area contributed by atoms with Crippen LogP contribution >= 0.6 is 11.6 Å². The van der Waals surface area contributed by atoms with Crippen LogP contribution < -0.4 is 0 Å². The van der Waals surface area contributed by atoms with Crippen LogP contribution in [0.25, 0.3) is 0 Å². The first-order valence-electron chi connectivity index (χ1n) is 3.95. The van der Waals surface area contributed by atoms with Crippen molar-refractivity contribution in [2.45, 2.75) is 32.5 Å². The van der Waals surface area contributed by atoms with Gasteiger partial charge in [-0.15, -0.1) is 0 Å². The molecule has 2 nitrogen and oxygen atoms in total. The van der Waals surface area contributed by atoms with Crippen molar-refractivity contribution in [2.24, 2.45) is 0 Å². The Balaban J connectivity index is 3.19. The van der Waals surface area contributed by atoms with Gasteiger partial charge in [-0.1, -0.05) is 11.6 Å². The topological polar surface area (TPSA) is 17.8 Å². The summed E-state index contributed by atoms with van der Waals surface area (Å²) in [6.45, 7) is 5.24. The van der Waals surface area contributed by atoms with Crippen molar-refractivity contribution in [2.75, 3.05) is 0 Å². The second-order valence-corrected chi connectivity index (χ2v) is 4.30. The second kappa shape index (κ2) is 3.15. The van der Waals surface area contributed by atoms with Gasteiger partial charge < -0.3 is 0 Å². The van der Waals surface area contributed by atoms with E-state index < -0.39 is 22.4 Å². The first kappa shape index (κ1) is 11.4. The van der Waals surface area contributed by atoms with Gasteiger partial charge in [-0.2, -0.15) is 18.3 Å². The standard InChI is InChI=1S/C8H10ClF3N2/c1-7(2,3)14-4-5(6(9)13-14)8(10,11)12/h4H,1-3H3. The predicted molar refractivity (Wildman–Crippen MR) is 47.2 cm³/mol. The minimum atomic E-state index is -4.44. The Morgan fingerprint density at radius 2 is 1.79 bits per heavy atom. The average molecular weight is 227 g/mol. The lowest BCUT2D eigenvalue weighted by Gasteiger charge is -2.18. The van der Waals surface area contributed by atoms with Gasteiger partial charge in [0.15, 0.2) is 5.15 Å². The fourth-order valence-electron chi connectivity index (χ4n) is 0.887. The summed E-state index contributed by atoms with van der Waals surface area (Å²) in [5.74, 6) is 0. The molecule has 1 rings (SSSR count). The number of hydrogen-bond acceptors (Lipinski definition) is 1. The van der Waals surface area contributed by atoms with Crippen LogP contribution in [0.1, 0.15) is 26.3 Å². The molecular weight excluding hydrogens is 217 g/mol. The molecule has 0 aromatic carbocycles. The fraction of sp³-hybridized carbons (Fsp3) is 0.625. The van der Waals surface area contributed by atoms with Crippen LogP contribution in [0.4, 0.5) is 13.2 Å². The van der Waals surface area contributed by atoms with Gasteiger partial charge in [-0.05, 0) is 20.8 Å². The summed E-state index contributed by atoms with van der Waals surface area (Å²) in [5, 5.41) is 3.10. The second-order valence-electron chi connectivity index (χ2n) is 3.95. The molecule has 0 unspecified atom stereocenters. The number of halogens is 4. The van der Waals surface area contributed by atoms with E-state index in [2.05, 4.69) is 5.10 Å². The number of hydrogen-bond donors (Lipinski definition) is 0. The van der Waals surface area contributed by atoms with Crippen molar-refractivity contribution in [3.8, 4) is 0 Å². The molecular formula is C8H10ClF3N2. The SMILES string of the molecule is CC(C)(C)n1cc(C(F)(F)F)c(Cl)n1. The molecule has 0 bridgehead atoms. The van der Waals surface area contributed by atoms with E-state index in [1.54, 1.807) is 20.8 Å². The summed E-state index contributed by atoms with van der Waals surface area (Å²) in [6.07, 6.45) is -3.52. The van der Waals surface area contributed by atoms with Crippen molar-refractivity contribution in [3.63, 3.8) is 0 Å². The number of alkyl halides is 3. The van der Waals surface area contributed by atoms with Crippen LogP contribution in [0.15, 0.2) is 6.20 Å². The highest BCUT2D eigenvalue weighted by Gasteiger charge is 2.36. The lowest BCUT2D eigenvalue weighted by Crippen LogP contribution is -2.22. The molecule has 0 amide bonds. The molecule has 80 valence electrons. The molecule has 1 heterocycles. The summed E-state index contributed by atoms with van der Waals surface area (Å²) in [7, 11) is 0. The molecule has 0 N–H and O–H groups in total. The molecule has 1 aromatic rings. The van der Waals surface area contributed by atoms with Gasteiger partial charge in [0.1, 0.15) is 5.56 Å². The third kappa shape index (κ3) is 2.20. The Hall–Kier alpha value is -0.710. The smallest absolute Gasteiger partial charge is 0.265 e. The highest BCUT2D eigenvalue weighted by Crippen LogP contribution is 2.34. The molecule has 1 aromatic heterocycles. The summed E-state index contributed by atoms with van der Waals surface area (Å²) in [5.41, 5.74) is -1.40. The zero-order valence-corrected chi connectivity index (χ0v) is 8.74. The number of rotatable bonds is 0. The normalized spacial score (nSPS) is 13.4. The first-order chi connectivity index (χ1) is 6.12. The molecule has 0 radical (unpaired) electrons. The molecule has 0 aliphatic heterocycles. The van der Waals surface area contributed by atoms with Crippen LogP contribution in [-0.4, -0.2) is 9.78 Å². The van der Waals surface area contributed by atoms with Gasteiger partial charge in [-0.25, -0.2) is 0 Å². The summed E-state index contributed by atoms with van der Waals surface area (Å²) >= 11 is 5.38. The summed E-state index contributed by atoms with van der Waals surface area (Å²) < 4.78 is 38.1. The maximum atomic E-state index is 12.3. The average Bonchev–Trinajstić information content (AvgIpc) is 2.27. The van der Waals surface area contributed by atoms with Crippen molar-refractivity contribution in [1.82, 2.24) is 9.78 Å². The molecule has 0 spiro atoms. The van der Waals surface area contributed by atoms with Crippen LogP contribution in [0.5, 0.6) is 0 Å². The van der Waals surface area contributed by atoms with E-state index in [0.29, 0.717) is 0 Å². The van der Waals surface area contributed by atoms with E-state index >= 15 is 0 Å². The zero-order valence-electron chi connectivity index (χ0n) is 7.98. The Morgan fingerprint density at radius 1 is 1.29 bits per heavy atom. The molecule has 0 saturated carbocycles. The van der Waals surface area contributed by atoms with E-state index in [-0.39, 0.29) is 0 Å². The molecule has 6 heteroatoms. The Labute approximate surface area is 84.7 Å². The van der Waals surface area contributed by atoms with Crippen LogP contribution in [0.3, 0.4) is 0 Å². The fourth-order valence-corrected chi connectivity index (χ4v) is 1.12. The predicted octanol–water partition coefficient (Wildman–Crippen LogP) is 3.31. The Morgan fingerprint density at radius 3 is 2.00 bits per heavy atom. The van der Waals surface area contributed by atoms with Crippen LogP contribution in [-0.2, 0) is 11.7 Å². The monoisotopic (exact) mass is 226 g/mol. The largest absolute Gasteiger partial charge is 0.420 e. The Kier molecular flexibility index (Phi) is 2.56. The third-order valence-electron chi connectivity index (χ3n) is 1.66. The molecule has 0 saturated heterocycles. The molecule has 0 aliphatic carbocycles. The molecule has 0 aliphatic rings. The minimum Gasteiger partial charge on any atom is -0.265 e. The lowest BCUT2D eigenvalue weighted by molar-refractivity contribution is -0.137. The quantitative estimate of drug-likeness (QED) is 0.664. The van der Waals surface area contributed by atoms with Crippen molar-refractivity contribution in [1.29, 1.82) is 0 Å². The van der Waals surface area contributed by atoms with E-state index in [9.17, 15) is 13.2 Å². The number of aromatic nitrogens is 2. The van der Waals surface area contributed by atoms with Gasteiger partial charge >= 0.3 is 6.18 Å². The van der Waals surface area contributed by atoms with Gasteiger partial charge in [0, 0.05) is 6.20 Å². The van der Waals surface area contributed by atoms with Crippen LogP contribution in [0, 0.1) is 0 Å². The zero-order chi connectivity index (χ0) is 11.1.